The number of carbonyl (C=O) groups excluding carboxylic acids is 1. The van der Waals surface area contributed by atoms with Crippen molar-refractivity contribution in [3.05, 3.63) is 76.4 Å². The summed E-state index contributed by atoms with van der Waals surface area (Å²) in [7, 11) is -7.66. The molecule has 5 heterocycles. The zero-order chi connectivity index (χ0) is 32.3. The van der Waals surface area contributed by atoms with Crippen LogP contribution in [0.5, 0.6) is 0 Å². The number of carbonyl (C=O) groups is 1. The predicted molar refractivity (Wildman–Crippen MR) is 176 cm³/mol. The number of thiazole rings is 1. The van der Waals surface area contributed by atoms with Crippen LogP contribution in [0.25, 0.3) is 4.96 Å². The summed E-state index contributed by atoms with van der Waals surface area (Å²) in [4.78, 5) is 19.1. The summed E-state index contributed by atoms with van der Waals surface area (Å²) in [5.74, 6) is 0. The van der Waals surface area contributed by atoms with Crippen molar-refractivity contribution in [1.29, 1.82) is 0 Å². The van der Waals surface area contributed by atoms with Crippen molar-refractivity contribution in [2.45, 2.75) is 67.6 Å². The lowest BCUT2D eigenvalue weighted by Gasteiger charge is -2.51. The van der Waals surface area contributed by atoms with Gasteiger partial charge in [-0.1, -0.05) is 42.8 Å². The summed E-state index contributed by atoms with van der Waals surface area (Å²) in [6.45, 7) is 3.11. The van der Waals surface area contributed by atoms with E-state index in [-0.39, 0.29) is 70.5 Å². The third kappa shape index (κ3) is 5.00. The number of benzene rings is 2. The molecule has 2 aromatic heterocycles. The molecule has 0 bridgehead atoms. The molecule has 244 valence electrons. The second-order valence-electron chi connectivity index (χ2n) is 12.0. The number of imidazole rings is 1. The highest BCUT2D eigenvalue weighted by molar-refractivity contribution is 7.89. The third-order valence-electron chi connectivity index (χ3n) is 9.77. The molecule has 1 atom stereocenters. The molecule has 7 rings (SSSR count). The number of sulfonamides is 2. The molecule has 1 unspecified atom stereocenters. The number of aromatic nitrogens is 2. The quantitative estimate of drug-likeness (QED) is 0.241. The van der Waals surface area contributed by atoms with Crippen molar-refractivity contribution in [1.82, 2.24) is 22.5 Å². The molecule has 15 heteroatoms. The number of halogens is 1. The number of aryl methyl sites for hydroxylation is 1. The number of quaternary nitrogens is 1. The van der Waals surface area contributed by atoms with Crippen LogP contribution < -0.4 is 4.48 Å². The molecule has 11 nitrogen and oxygen atoms in total. The lowest BCUT2D eigenvalue weighted by atomic mass is 9.90. The molecule has 0 N–H and O–H groups in total. The van der Waals surface area contributed by atoms with Gasteiger partial charge in [0, 0.05) is 69.5 Å². The van der Waals surface area contributed by atoms with Crippen molar-refractivity contribution >= 4 is 59.7 Å². The summed E-state index contributed by atoms with van der Waals surface area (Å²) in [5, 5.41) is 1.65. The van der Waals surface area contributed by atoms with Crippen molar-refractivity contribution in [3.8, 4) is 0 Å². The molecular weight excluding hydrogens is 670 g/mol. The molecule has 2 fully saturated rings. The van der Waals surface area contributed by atoms with Crippen LogP contribution in [0.1, 0.15) is 43.7 Å². The molecule has 1 amide bonds. The minimum Gasteiger partial charge on any atom is -0.415 e. The summed E-state index contributed by atoms with van der Waals surface area (Å²) < 4.78 is 65.0. The second-order valence-corrected chi connectivity index (χ2v) is 17.0. The van der Waals surface area contributed by atoms with Crippen molar-refractivity contribution in [2.75, 3.05) is 26.2 Å². The molecule has 0 spiro atoms. The molecular formula is C31H35ClN5O6S3+. The number of fused-ring (bicyclic) bond motifs is 2. The zero-order valence-electron chi connectivity index (χ0n) is 25.3. The van der Waals surface area contributed by atoms with E-state index in [2.05, 4.69) is 4.98 Å². The molecule has 2 saturated heterocycles. The molecule has 3 aliphatic heterocycles. The van der Waals surface area contributed by atoms with Crippen LogP contribution in [0.15, 0.2) is 70.0 Å². The maximum absolute atomic E-state index is 14.1. The van der Waals surface area contributed by atoms with E-state index >= 15 is 0 Å². The average Bonchev–Trinajstić information content (AvgIpc) is 3.65. The van der Waals surface area contributed by atoms with Gasteiger partial charge in [-0.05, 0) is 30.2 Å². The molecule has 46 heavy (non-hydrogen) atoms. The Labute approximate surface area is 277 Å². The van der Waals surface area contributed by atoms with E-state index in [9.17, 15) is 21.6 Å². The fourth-order valence-corrected chi connectivity index (χ4v) is 11.8. The number of amides is 1. The second kappa shape index (κ2) is 12.0. The first-order valence-electron chi connectivity index (χ1n) is 15.4. The van der Waals surface area contributed by atoms with Gasteiger partial charge in [0.15, 0.2) is 15.1 Å². The van der Waals surface area contributed by atoms with E-state index in [4.69, 9.17) is 16.3 Å². The largest absolute Gasteiger partial charge is 0.522 e. The Kier molecular flexibility index (Phi) is 8.27. The Hall–Kier alpha value is -2.85. The average molecular weight is 705 g/mol. The minimum atomic E-state index is -3.96. The van der Waals surface area contributed by atoms with E-state index < -0.39 is 20.0 Å². The van der Waals surface area contributed by atoms with Crippen LogP contribution in [0.3, 0.4) is 0 Å². The van der Waals surface area contributed by atoms with Crippen molar-refractivity contribution < 1.29 is 26.4 Å². The van der Waals surface area contributed by atoms with Gasteiger partial charge in [0.1, 0.15) is 24.4 Å². The van der Waals surface area contributed by atoms with E-state index in [1.54, 1.807) is 23.7 Å². The first kappa shape index (κ1) is 31.7. The SMILES string of the molecule is CCc1ccc(S(=O)(=O)N2CCC([N+]3(C4CCN(S(=O)(=O)c5c(Cl)nc6sccn56)CC4)C(=O)OCc4ccccc43)CC2)cc1. The third-order valence-corrected chi connectivity index (χ3v) is 14.7. The lowest BCUT2D eigenvalue weighted by molar-refractivity contribution is 0.0270. The summed E-state index contributed by atoms with van der Waals surface area (Å²) in [6, 6.07) is 14.3. The van der Waals surface area contributed by atoms with Gasteiger partial charge in [0.25, 0.3) is 10.0 Å². The Morgan fingerprint density at radius 1 is 0.913 bits per heavy atom. The number of ether oxygens (including phenoxy) is 1. The van der Waals surface area contributed by atoms with E-state index in [1.165, 1.54) is 24.3 Å². The lowest BCUT2D eigenvalue weighted by Crippen LogP contribution is -2.71. The highest BCUT2D eigenvalue weighted by Crippen LogP contribution is 2.45. The van der Waals surface area contributed by atoms with E-state index in [0.29, 0.717) is 30.6 Å². The standard InChI is InChI=1S/C31H35ClN5O6S3/c1-2-22-7-9-26(10-8-22)45(39,40)34-15-11-24(12-16-34)37(27-6-4-3-5-23(27)21-43-31(37)38)25-13-17-35(18-14-25)46(41,42)29-28(32)33-30-36(29)19-20-44-30/h3-10,19-20,24-25H,2,11-18,21H2,1H3/q+1. The van der Waals surface area contributed by atoms with Gasteiger partial charge in [-0.25, -0.2) is 21.8 Å². The molecule has 0 radical (unpaired) electrons. The molecule has 0 aliphatic carbocycles. The van der Waals surface area contributed by atoms with Crippen molar-refractivity contribution in [2.24, 2.45) is 0 Å². The van der Waals surface area contributed by atoms with Crippen LogP contribution in [0.4, 0.5) is 10.5 Å². The maximum Gasteiger partial charge on any atom is 0.522 e. The molecule has 0 saturated carbocycles. The number of cyclic esters (lactones) is 1. The number of para-hydroxylation sites is 1. The normalized spacial score (nSPS) is 22.6. The number of hydrogen-bond acceptors (Lipinski definition) is 8. The molecule has 2 aromatic carbocycles. The summed E-state index contributed by atoms with van der Waals surface area (Å²) in [5.41, 5.74) is 2.84. The number of nitrogens with zero attached hydrogens (tertiary/aromatic N) is 5. The minimum absolute atomic E-state index is 0.0478. The van der Waals surface area contributed by atoms with Gasteiger partial charge >= 0.3 is 6.09 Å². The van der Waals surface area contributed by atoms with Crippen molar-refractivity contribution in [3.63, 3.8) is 0 Å². The highest BCUT2D eigenvalue weighted by Gasteiger charge is 2.58. The summed E-state index contributed by atoms with van der Waals surface area (Å²) >= 11 is 7.62. The van der Waals surface area contributed by atoms with E-state index in [1.807, 2.05) is 43.3 Å². The van der Waals surface area contributed by atoms with Gasteiger partial charge in [-0.2, -0.15) is 17.9 Å². The Morgan fingerprint density at radius 2 is 1.52 bits per heavy atom. The monoisotopic (exact) mass is 704 g/mol. The van der Waals surface area contributed by atoms with E-state index in [0.717, 1.165) is 23.2 Å². The van der Waals surface area contributed by atoms with Crippen LogP contribution in [0, 0.1) is 0 Å². The Bertz CT molecular complexity index is 2000. The molecule has 4 aromatic rings. The molecule has 3 aliphatic rings. The first-order valence-corrected chi connectivity index (χ1v) is 19.6. The van der Waals surface area contributed by atoms with Gasteiger partial charge in [0.2, 0.25) is 10.0 Å². The van der Waals surface area contributed by atoms with Crippen LogP contribution >= 0.6 is 22.9 Å². The number of rotatable bonds is 7. The first-order chi connectivity index (χ1) is 22.1. The van der Waals surface area contributed by atoms with Gasteiger partial charge in [0.05, 0.1) is 10.5 Å². The van der Waals surface area contributed by atoms with Crippen LogP contribution in [0.2, 0.25) is 5.15 Å². The number of piperidine rings is 2. The highest BCUT2D eigenvalue weighted by atomic mass is 35.5. The van der Waals surface area contributed by atoms with Crippen LogP contribution in [-0.2, 0) is 37.8 Å². The fraction of sp³-hybridized carbons (Fsp3) is 0.419. The Morgan fingerprint density at radius 3 is 2.15 bits per heavy atom. The van der Waals surface area contributed by atoms with Gasteiger partial charge in [-0.15, -0.1) is 11.3 Å². The summed E-state index contributed by atoms with van der Waals surface area (Å²) in [6.07, 6.45) is 3.83. The Balaban J connectivity index is 1.17. The van der Waals surface area contributed by atoms with Crippen LogP contribution in [-0.4, -0.2) is 79.2 Å². The van der Waals surface area contributed by atoms with Gasteiger partial charge < -0.3 is 4.74 Å². The topological polar surface area (TPSA) is 118 Å². The maximum atomic E-state index is 14.1. The predicted octanol–water partition coefficient (Wildman–Crippen LogP) is 5.28. The number of hydrogen-bond donors (Lipinski definition) is 0. The zero-order valence-corrected chi connectivity index (χ0v) is 28.5. The smallest absolute Gasteiger partial charge is 0.415 e. The van der Waals surface area contributed by atoms with Gasteiger partial charge in [-0.3, -0.25) is 4.40 Å². The fourth-order valence-electron chi connectivity index (χ4n) is 7.45.